The highest BCUT2D eigenvalue weighted by Gasteiger charge is 2.04. The summed E-state index contributed by atoms with van der Waals surface area (Å²) in [6.07, 6.45) is 4.72. The molecule has 0 aromatic carbocycles. The van der Waals surface area contributed by atoms with E-state index in [4.69, 9.17) is 33.5 Å². The van der Waals surface area contributed by atoms with Crippen LogP contribution in [0, 0.1) is 0 Å². The Morgan fingerprint density at radius 2 is 2.31 bits per heavy atom. The number of anilines is 1. The summed E-state index contributed by atoms with van der Waals surface area (Å²) in [5.41, 5.74) is 17.7. The van der Waals surface area contributed by atoms with Gasteiger partial charge in [0.1, 0.15) is 0 Å². The molecule has 0 amide bonds. The second kappa shape index (κ2) is 5.32. The van der Waals surface area contributed by atoms with Crippen molar-refractivity contribution in [2.75, 3.05) is 12.8 Å². The van der Waals surface area contributed by atoms with Crippen molar-refractivity contribution in [2.24, 2.45) is 11.5 Å². The van der Waals surface area contributed by atoms with Crippen LogP contribution in [0.25, 0.3) is 0 Å². The SMILES string of the molecule is CO/C(N)=C(/C=C(\N)Cl)Cn1cc(N)cn1. The number of allylic oxidation sites excluding steroid dienone is 2. The van der Waals surface area contributed by atoms with Crippen LogP contribution in [0.4, 0.5) is 5.69 Å². The van der Waals surface area contributed by atoms with Crippen molar-refractivity contribution < 1.29 is 4.74 Å². The van der Waals surface area contributed by atoms with Gasteiger partial charge in [0, 0.05) is 11.8 Å². The largest absolute Gasteiger partial charge is 0.482 e. The molecule has 0 saturated carbocycles. The minimum Gasteiger partial charge on any atom is -0.482 e. The quantitative estimate of drug-likeness (QED) is 0.401. The number of ether oxygens (including phenoxy) is 1. The molecule has 0 bridgehead atoms. The molecule has 0 aliphatic carbocycles. The summed E-state index contributed by atoms with van der Waals surface area (Å²) in [7, 11) is 1.46. The summed E-state index contributed by atoms with van der Waals surface area (Å²) in [5.74, 6) is 0.234. The van der Waals surface area contributed by atoms with E-state index in [9.17, 15) is 0 Å². The van der Waals surface area contributed by atoms with Gasteiger partial charge in [-0.25, -0.2) is 0 Å². The number of nitrogens with zero attached hydrogens (tertiary/aromatic N) is 2. The molecular formula is C9H14ClN5O. The lowest BCUT2D eigenvalue weighted by Gasteiger charge is -2.07. The van der Waals surface area contributed by atoms with Crippen molar-refractivity contribution >= 4 is 17.3 Å². The zero-order valence-electron chi connectivity index (χ0n) is 8.85. The van der Waals surface area contributed by atoms with E-state index in [1.54, 1.807) is 10.9 Å². The third-order valence-electron chi connectivity index (χ3n) is 1.83. The van der Waals surface area contributed by atoms with Crippen LogP contribution in [0.2, 0.25) is 0 Å². The Morgan fingerprint density at radius 3 is 2.75 bits per heavy atom. The maximum Gasteiger partial charge on any atom is 0.188 e. The number of halogens is 1. The smallest absolute Gasteiger partial charge is 0.188 e. The zero-order chi connectivity index (χ0) is 12.1. The van der Waals surface area contributed by atoms with E-state index in [1.807, 2.05) is 0 Å². The first-order valence-electron chi connectivity index (χ1n) is 4.46. The Kier molecular flexibility index (Phi) is 4.07. The first-order valence-corrected chi connectivity index (χ1v) is 4.84. The van der Waals surface area contributed by atoms with Crippen LogP contribution in [0.5, 0.6) is 0 Å². The monoisotopic (exact) mass is 243 g/mol. The van der Waals surface area contributed by atoms with Gasteiger partial charge in [0.15, 0.2) is 5.88 Å². The predicted octanol–water partition coefficient (Wildman–Crippen LogP) is 0.321. The fourth-order valence-electron chi connectivity index (χ4n) is 1.13. The average Bonchev–Trinajstić information content (AvgIpc) is 2.61. The number of aromatic nitrogens is 2. The van der Waals surface area contributed by atoms with Crippen LogP contribution in [0.15, 0.2) is 35.1 Å². The maximum atomic E-state index is 5.65. The first-order chi connectivity index (χ1) is 7.52. The third-order valence-corrected chi connectivity index (χ3v) is 1.94. The molecule has 0 saturated heterocycles. The van der Waals surface area contributed by atoms with Crippen molar-refractivity contribution in [2.45, 2.75) is 6.54 Å². The molecule has 1 rings (SSSR count). The Balaban J connectivity index is 2.92. The highest BCUT2D eigenvalue weighted by atomic mass is 35.5. The molecule has 6 nitrogen and oxygen atoms in total. The lowest BCUT2D eigenvalue weighted by atomic mass is 10.2. The van der Waals surface area contributed by atoms with Gasteiger partial charge in [-0.05, 0) is 6.08 Å². The highest BCUT2D eigenvalue weighted by Crippen LogP contribution is 2.10. The van der Waals surface area contributed by atoms with Crippen LogP contribution in [0.3, 0.4) is 0 Å². The van der Waals surface area contributed by atoms with E-state index in [2.05, 4.69) is 5.10 Å². The zero-order valence-corrected chi connectivity index (χ0v) is 9.61. The first kappa shape index (κ1) is 12.3. The van der Waals surface area contributed by atoms with Crippen LogP contribution in [-0.2, 0) is 11.3 Å². The number of rotatable bonds is 4. The van der Waals surface area contributed by atoms with Gasteiger partial charge in [0.2, 0.25) is 0 Å². The van der Waals surface area contributed by atoms with Gasteiger partial charge in [0.05, 0.1) is 30.7 Å². The Bertz CT molecular complexity index is 419. The summed E-state index contributed by atoms with van der Waals surface area (Å²) < 4.78 is 6.52. The van der Waals surface area contributed by atoms with Gasteiger partial charge < -0.3 is 21.9 Å². The van der Waals surface area contributed by atoms with Crippen molar-refractivity contribution in [3.05, 3.63) is 35.1 Å². The normalized spacial score (nSPS) is 13.5. The number of methoxy groups -OCH3 is 1. The van der Waals surface area contributed by atoms with Crippen LogP contribution in [0.1, 0.15) is 0 Å². The van der Waals surface area contributed by atoms with Gasteiger partial charge >= 0.3 is 0 Å². The highest BCUT2D eigenvalue weighted by molar-refractivity contribution is 6.29. The van der Waals surface area contributed by atoms with Crippen molar-refractivity contribution in [1.82, 2.24) is 9.78 Å². The minimum absolute atomic E-state index is 0.120. The van der Waals surface area contributed by atoms with E-state index >= 15 is 0 Å². The maximum absolute atomic E-state index is 5.65. The number of hydrogen-bond acceptors (Lipinski definition) is 5. The van der Waals surface area contributed by atoms with E-state index in [0.29, 0.717) is 17.8 Å². The van der Waals surface area contributed by atoms with Gasteiger partial charge in [-0.3, -0.25) is 4.68 Å². The van der Waals surface area contributed by atoms with Crippen molar-refractivity contribution in [3.63, 3.8) is 0 Å². The van der Waals surface area contributed by atoms with Crippen LogP contribution in [-0.4, -0.2) is 16.9 Å². The lowest BCUT2D eigenvalue weighted by molar-refractivity contribution is 0.281. The van der Waals surface area contributed by atoms with E-state index < -0.39 is 0 Å². The Labute approximate surface area is 98.3 Å². The van der Waals surface area contributed by atoms with Crippen molar-refractivity contribution in [3.8, 4) is 0 Å². The average molecular weight is 244 g/mol. The number of nitrogen functional groups attached to an aromatic ring is 1. The fourth-order valence-corrected chi connectivity index (χ4v) is 1.26. The molecule has 1 aromatic heterocycles. The minimum atomic E-state index is 0.120. The molecule has 16 heavy (non-hydrogen) atoms. The predicted molar refractivity (Wildman–Crippen MR) is 63.0 cm³/mol. The number of nitrogens with two attached hydrogens (primary N) is 3. The van der Waals surface area contributed by atoms with Crippen molar-refractivity contribution in [1.29, 1.82) is 0 Å². The third kappa shape index (κ3) is 3.39. The molecule has 0 atom stereocenters. The summed E-state index contributed by atoms with van der Waals surface area (Å²) in [4.78, 5) is 0. The summed E-state index contributed by atoms with van der Waals surface area (Å²) in [6, 6.07) is 0. The standard InChI is InChI=1S/C9H14ClN5O/c1-16-9(13)6(2-8(10)12)4-15-5-7(11)3-14-15/h2-3,5H,4,11-13H2,1H3/b8-2-,9-6-. The second-order valence-electron chi connectivity index (χ2n) is 3.09. The molecule has 1 aromatic rings. The fraction of sp³-hybridized carbons (Fsp3) is 0.222. The van der Waals surface area contributed by atoms with Gasteiger partial charge in [-0.15, -0.1) is 0 Å². The van der Waals surface area contributed by atoms with Crippen LogP contribution < -0.4 is 17.2 Å². The molecular weight excluding hydrogens is 230 g/mol. The molecule has 88 valence electrons. The van der Waals surface area contributed by atoms with Gasteiger partial charge in [0.25, 0.3) is 0 Å². The van der Waals surface area contributed by atoms with E-state index in [0.717, 1.165) is 0 Å². The molecule has 0 aliphatic rings. The molecule has 0 unspecified atom stereocenters. The molecule has 7 heteroatoms. The second-order valence-corrected chi connectivity index (χ2v) is 3.53. The summed E-state index contributed by atoms with van der Waals surface area (Å²) in [5, 5.41) is 4.13. The lowest BCUT2D eigenvalue weighted by Crippen LogP contribution is -2.10. The van der Waals surface area contributed by atoms with Gasteiger partial charge in [-0.2, -0.15) is 5.10 Å². The Morgan fingerprint density at radius 1 is 1.62 bits per heavy atom. The topological polar surface area (TPSA) is 105 Å². The molecule has 0 spiro atoms. The van der Waals surface area contributed by atoms with E-state index in [-0.39, 0.29) is 11.0 Å². The Hall–Kier alpha value is -1.82. The number of hydrogen-bond donors (Lipinski definition) is 3. The van der Waals surface area contributed by atoms with E-state index in [1.165, 1.54) is 19.4 Å². The van der Waals surface area contributed by atoms with Crippen LogP contribution >= 0.6 is 11.6 Å². The summed E-state index contributed by atoms with van der Waals surface area (Å²) in [6.45, 7) is 0.379. The van der Waals surface area contributed by atoms with Gasteiger partial charge in [-0.1, -0.05) is 11.6 Å². The summed E-state index contributed by atoms with van der Waals surface area (Å²) >= 11 is 5.58. The molecule has 6 N–H and O–H groups in total. The molecule has 0 radical (unpaired) electrons. The molecule has 0 aliphatic heterocycles. The molecule has 1 heterocycles. The molecule has 0 fully saturated rings.